The summed E-state index contributed by atoms with van der Waals surface area (Å²) in [5.41, 5.74) is 6.81. The van der Waals surface area contributed by atoms with Gasteiger partial charge >= 0.3 is 0 Å². The van der Waals surface area contributed by atoms with Crippen LogP contribution in [0.1, 0.15) is 41.3 Å². The van der Waals surface area contributed by atoms with Crippen molar-refractivity contribution in [2.75, 3.05) is 11.9 Å². The molecule has 0 radical (unpaired) electrons. The third-order valence-corrected chi connectivity index (χ3v) is 6.39. The van der Waals surface area contributed by atoms with E-state index in [9.17, 15) is 0 Å². The first-order chi connectivity index (χ1) is 16.3. The van der Waals surface area contributed by atoms with Crippen LogP contribution in [0.15, 0.2) is 79.4 Å². The summed E-state index contributed by atoms with van der Waals surface area (Å²) >= 11 is 0. The number of hydrogen-bond acceptors (Lipinski definition) is 5. The molecule has 1 N–H and O–H groups in total. The van der Waals surface area contributed by atoms with Gasteiger partial charge in [0.1, 0.15) is 12.4 Å². The molecule has 0 fully saturated rings. The molecule has 0 saturated carbocycles. The van der Waals surface area contributed by atoms with Crippen molar-refractivity contribution in [1.29, 1.82) is 0 Å². The van der Waals surface area contributed by atoms with Crippen LogP contribution in [-0.4, -0.2) is 26.1 Å². The zero-order chi connectivity index (χ0) is 22.0. The van der Waals surface area contributed by atoms with Gasteiger partial charge in [0.25, 0.3) is 0 Å². The smallest absolute Gasteiger partial charge is 0.227 e. The van der Waals surface area contributed by atoms with Gasteiger partial charge in [-0.15, -0.1) is 0 Å². The van der Waals surface area contributed by atoms with Crippen LogP contribution in [0, 0.1) is 0 Å². The van der Waals surface area contributed by atoms with E-state index in [1.54, 1.807) is 12.5 Å². The van der Waals surface area contributed by atoms with Crippen molar-refractivity contribution < 1.29 is 4.74 Å². The van der Waals surface area contributed by atoms with Gasteiger partial charge in [0.15, 0.2) is 0 Å². The average Bonchev–Trinajstić information content (AvgIpc) is 3.52. The van der Waals surface area contributed by atoms with Crippen LogP contribution < -0.4 is 10.1 Å². The van der Waals surface area contributed by atoms with Crippen LogP contribution in [0.4, 0.5) is 11.6 Å². The molecule has 1 atom stereocenters. The predicted molar refractivity (Wildman–Crippen MR) is 128 cm³/mol. The summed E-state index contributed by atoms with van der Waals surface area (Å²) in [5.74, 6) is 1.75. The van der Waals surface area contributed by atoms with Crippen molar-refractivity contribution in [1.82, 2.24) is 19.5 Å². The Labute approximate surface area is 193 Å². The third kappa shape index (κ3) is 3.89. The first-order valence-corrected chi connectivity index (χ1v) is 11.5. The molecule has 4 bridgehead atoms. The SMILES string of the molecule is C1=CCOc2cc(ccc2-n2ccnc2)Nc2nc(c3c(n2)C(c2ccccc2)CC3)CC1. The molecule has 2 aromatic carbocycles. The maximum atomic E-state index is 6.11. The summed E-state index contributed by atoms with van der Waals surface area (Å²) < 4.78 is 8.07. The average molecular weight is 436 g/mol. The molecule has 6 rings (SSSR count). The van der Waals surface area contributed by atoms with E-state index in [2.05, 4.69) is 52.8 Å². The molecule has 2 aromatic heterocycles. The Kier molecular flexibility index (Phi) is 5.11. The Hall–Kier alpha value is -3.93. The number of imidazole rings is 1. The highest BCUT2D eigenvalue weighted by Gasteiger charge is 2.29. The molecular weight excluding hydrogens is 410 g/mol. The van der Waals surface area contributed by atoms with E-state index < -0.39 is 0 Å². The monoisotopic (exact) mass is 435 g/mol. The molecule has 1 aliphatic heterocycles. The summed E-state index contributed by atoms with van der Waals surface area (Å²) in [6.07, 6.45) is 13.7. The summed E-state index contributed by atoms with van der Waals surface area (Å²) in [7, 11) is 0. The highest BCUT2D eigenvalue weighted by Crippen LogP contribution is 2.39. The number of aryl methyl sites for hydroxylation is 1. The molecule has 1 aliphatic carbocycles. The second kappa shape index (κ2) is 8.54. The Bertz CT molecular complexity index is 1300. The maximum Gasteiger partial charge on any atom is 0.227 e. The van der Waals surface area contributed by atoms with Gasteiger partial charge in [-0.25, -0.2) is 15.0 Å². The van der Waals surface area contributed by atoms with Gasteiger partial charge in [0.2, 0.25) is 5.95 Å². The van der Waals surface area contributed by atoms with Gasteiger partial charge in [-0.2, -0.15) is 0 Å². The number of nitrogens with zero attached hydrogens (tertiary/aromatic N) is 4. The highest BCUT2D eigenvalue weighted by molar-refractivity contribution is 5.62. The first-order valence-electron chi connectivity index (χ1n) is 11.5. The largest absolute Gasteiger partial charge is 0.487 e. The summed E-state index contributed by atoms with van der Waals surface area (Å²) in [5, 5.41) is 3.45. The molecule has 164 valence electrons. The van der Waals surface area contributed by atoms with Crippen molar-refractivity contribution >= 4 is 11.6 Å². The lowest BCUT2D eigenvalue weighted by Gasteiger charge is -2.16. The van der Waals surface area contributed by atoms with Crippen molar-refractivity contribution in [3.05, 3.63) is 102 Å². The van der Waals surface area contributed by atoms with Crippen LogP contribution in [0.2, 0.25) is 0 Å². The lowest BCUT2D eigenvalue weighted by molar-refractivity contribution is 0.361. The predicted octanol–water partition coefficient (Wildman–Crippen LogP) is 5.37. The molecule has 0 spiro atoms. The van der Waals surface area contributed by atoms with Gasteiger partial charge in [0.05, 0.1) is 17.7 Å². The van der Waals surface area contributed by atoms with E-state index in [0.717, 1.165) is 48.5 Å². The zero-order valence-electron chi connectivity index (χ0n) is 18.3. The number of nitrogens with one attached hydrogen (secondary N) is 1. The number of hydrogen-bond donors (Lipinski definition) is 1. The molecule has 3 heterocycles. The molecule has 0 amide bonds. The van der Waals surface area contributed by atoms with Crippen molar-refractivity contribution in [3.8, 4) is 11.4 Å². The van der Waals surface area contributed by atoms with Gasteiger partial charge < -0.3 is 14.6 Å². The molecule has 4 aromatic rings. The minimum absolute atomic E-state index is 0.317. The van der Waals surface area contributed by atoms with Crippen molar-refractivity contribution in [2.24, 2.45) is 0 Å². The Balaban J connectivity index is 1.42. The number of ether oxygens (including phenoxy) is 1. The number of aromatic nitrogens is 4. The highest BCUT2D eigenvalue weighted by atomic mass is 16.5. The standard InChI is InChI=1S/C27H25N5O/c1-3-7-19(8-4-1)21-11-12-22-23-9-5-2-6-16-33-25-17-20(29-27(30-23)31-26(21)22)10-13-24(25)32-15-14-28-18-32/h1-4,6-8,10,13-15,17-18,21H,5,9,11-12,16H2,(H,29,30,31). The number of rotatable bonds is 2. The molecule has 0 saturated heterocycles. The normalized spacial score (nSPS) is 17.2. The Morgan fingerprint density at radius 3 is 2.82 bits per heavy atom. The summed E-state index contributed by atoms with van der Waals surface area (Å²) in [6.45, 7) is 0.516. The molecule has 6 nitrogen and oxygen atoms in total. The topological polar surface area (TPSA) is 64.9 Å². The second-order valence-corrected chi connectivity index (χ2v) is 8.46. The fraction of sp³-hybridized carbons (Fsp3) is 0.222. The molecule has 6 heteroatoms. The first kappa shape index (κ1) is 19.7. The van der Waals surface area contributed by atoms with Gasteiger partial charge in [-0.05, 0) is 48.9 Å². The minimum Gasteiger partial charge on any atom is -0.487 e. The number of allylic oxidation sites excluding steroid dienone is 1. The maximum absolute atomic E-state index is 6.11. The van der Waals surface area contributed by atoms with Crippen LogP contribution in [0.3, 0.4) is 0 Å². The Morgan fingerprint density at radius 1 is 1.00 bits per heavy atom. The third-order valence-electron chi connectivity index (χ3n) is 6.39. The van der Waals surface area contributed by atoms with Crippen molar-refractivity contribution in [2.45, 2.75) is 31.6 Å². The quantitative estimate of drug-likeness (QED) is 0.429. The van der Waals surface area contributed by atoms with Crippen LogP contribution in [0.5, 0.6) is 5.75 Å². The summed E-state index contributed by atoms with van der Waals surface area (Å²) in [4.78, 5) is 14.1. The molecule has 1 unspecified atom stereocenters. The Morgan fingerprint density at radius 2 is 1.94 bits per heavy atom. The fourth-order valence-electron chi connectivity index (χ4n) is 4.80. The second-order valence-electron chi connectivity index (χ2n) is 8.46. The fourth-order valence-corrected chi connectivity index (χ4v) is 4.80. The number of fused-ring (bicyclic) bond motifs is 6. The van der Waals surface area contributed by atoms with E-state index in [4.69, 9.17) is 14.7 Å². The van der Waals surface area contributed by atoms with Crippen LogP contribution >= 0.6 is 0 Å². The van der Waals surface area contributed by atoms with Gasteiger partial charge in [-0.3, -0.25) is 0 Å². The van der Waals surface area contributed by atoms with E-state index in [0.29, 0.717) is 18.5 Å². The lowest BCUT2D eigenvalue weighted by atomic mass is 9.96. The number of anilines is 2. The minimum atomic E-state index is 0.317. The van der Waals surface area contributed by atoms with Gasteiger partial charge in [0, 0.05) is 35.8 Å². The van der Waals surface area contributed by atoms with E-state index in [-0.39, 0.29) is 0 Å². The van der Waals surface area contributed by atoms with Gasteiger partial charge in [-0.1, -0.05) is 42.5 Å². The zero-order valence-corrected chi connectivity index (χ0v) is 18.3. The number of benzene rings is 2. The van der Waals surface area contributed by atoms with Crippen molar-refractivity contribution in [3.63, 3.8) is 0 Å². The summed E-state index contributed by atoms with van der Waals surface area (Å²) in [6, 6.07) is 16.8. The molecular formula is C27H25N5O. The van der Waals surface area contributed by atoms with Crippen LogP contribution in [0.25, 0.3) is 5.69 Å². The van der Waals surface area contributed by atoms with E-state index in [1.807, 2.05) is 29.0 Å². The molecule has 2 aliphatic rings. The lowest BCUT2D eigenvalue weighted by Crippen LogP contribution is -2.08. The van der Waals surface area contributed by atoms with Crippen LogP contribution in [-0.2, 0) is 12.8 Å². The van der Waals surface area contributed by atoms with E-state index >= 15 is 0 Å². The molecule has 33 heavy (non-hydrogen) atoms. The van der Waals surface area contributed by atoms with E-state index in [1.165, 1.54) is 16.8 Å².